The third-order valence-electron chi connectivity index (χ3n) is 5.40. The van der Waals surface area contributed by atoms with Gasteiger partial charge in [-0.25, -0.2) is 0 Å². The third-order valence-corrected chi connectivity index (χ3v) is 5.40. The first kappa shape index (κ1) is 24.0. The van der Waals surface area contributed by atoms with Crippen LogP contribution in [-0.4, -0.2) is 64.5 Å². The minimum absolute atomic E-state index is 0.528. The van der Waals surface area contributed by atoms with E-state index >= 15 is 0 Å². The minimum atomic E-state index is 0.528. The molecule has 3 rings (SSSR count). The van der Waals surface area contributed by atoms with Gasteiger partial charge in [0.2, 0.25) is 0 Å². The monoisotopic (exact) mass is 440 g/mol. The number of benzene rings is 2. The molecule has 0 bridgehead atoms. The van der Waals surface area contributed by atoms with Crippen molar-refractivity contribution in [1.82, 2.24) is 15.5 Å². The highest BCUT2D eigenvalue weighted by Gasteiger charge is 2.11. The lowest BCUT2D eigenvalue weighted by atomic mass is 10.1. The summed E-state index contributed by atoms with van der Waals surface area (Å²) in [5, 5.41) is 6.81. The lowest BCUT2D eigenvalue weighted by Gasteiger charge is -2.26. The van der Waals surface area contributed by atoms with Crippen molar-refractivity contribution in [3.63, 3.8) is 0 Å². The molecule has 0 spiro atoms. The summed E-state index contributed by atoms with van der Waals surface area (Å²) in [4.78, 5) is 6.80. The number of nitrogens with zero attached hydrogens (tertiary/aromatic N) is 2. The second-order valence-corrected chi connectivity index (χ2v) is 7.94. The third kappa shape index (κ3) is 7.82. The number of aryl methyl sites for hydroxylation is 1. The molecule has 0 unspecified atom stereocenters. The first-order valence-electron chi connectivity index (χ1n) is 11.2. The van der Waals surface area contributed by atoms with Gasteiger partial charge in [-0.3, -0.25) is 9.89 Å². The Labute approximate surface area is 191 Å². The van der Waals surface area contributed by atoms with Gasteiger partial charge in [-0.05, 0) is 29.7 Å². The van der Waals surface area contributed by atoms with Gasteiger partial charge in [-0.2, -0.15) is 0 Å². The van der Waals surface area contributed by atoms with Gasteiger partial charge in [0.1, 0.15) is 12.4 Å². The zero-order valence-corrected chi connectivity index (χ0v) is 19.5. The van der Waals surface area contributed by atoms with Gasteiger partial charge in [0.25, 0.3) is 0 Å². The van der Waals surface area contributed by atoms with Crippen LogP contribution in [0.3, 0.4) is 0 Å². The van der Waals surface area contributed by atoms with E-state index in [1.54, 1.807) is 14.2 Å². The molecule has 7 nitrogen and oxygen atoms in total. The van der Waals surface area contributed by atoms with Crippen LogP contribution in [0.15, 0.2) is 47.5 Å². The summed E-state index contributed by atoms with van der Waals surface area (Å²) < 4.78 is 16.4. The summed E-state index contributed by atoms with van der Waals surface area (Å²) in [5.74, 6) is 1.63. The van der Waals surface area contributed by atoms with E-state index in [1.165, 1.54) is 16.7 Å². The molecule has 1 saturated heterocycles. The Morgan fingerprint density at radius 2 is 1.81 bits per heavy atom. The number of nitrogens with one attached hydrogen (secondary N) is 2. The first-order chi connectivity index (χ1) is 15.7. The topological polar surface area (TPSA) is 67.4 Å². The fourth-order valence-corrected chi connectivity index (χ4v) is 3.62. The number of hydrogen-bond acceptors (Lipinski definition) is 5. The van der Waals surface area contributed by atoms with Gasteiger partial charge in [0.05, 0.1) is 19.8 Å². The van der Waals surface area contributed by atoms with Crippen LogP contribution < -0.4 is 15.4 Å². The lowest BCUT2D eigenvalue weighted by Crippen LogP contribution is -2.36. The summed E-state index contributed by atoms with van der Waals surface area (Å²) in [7, 11) is 3.46. The van der Waals surface area contributed by atoms with Gasteiger partial charge >= 0.3 is 0 Å². The molecule has 32 heavy (non-hydrogen) atoms. The highest BCUT2D eigenvalue weighted by molar-refractivity contribution is 5.79. The van der Waals surface area contributed by atoms with Crippen LogP contribution in [0, 0.1) is 6.92 Å². The maximum Gasteiger partial charge on any atom is 0.191 e. The maximum absolute atomic E-state index is 5.89. The lowest BCUT2D eigenvalue weighted by molar-refractivity contribution is 0.0342. The van der Waals surface area contributed by atoms with E-state index in [4.69, 9.17) is 14.2 Å². The molecule has 0 radical (unpaired) electrons. The van der Waals surface area contributed by atoms with Crippen LogP contribution in [0.2, 0.25) is 0 Å². The molecule has 0 aromatic heterocycles. The molecule has 174 valence electrons. The van der Waals surface area contributed by atoms with Crippen molar-refractivity contribution in [2.24, 2.45) is 4.99 Å². The van der Waals surface area contributed by atoms with E-state index in [-0.39, 0.29) is 0 Å². The van der Waals surface area contributed by atoms with Crippen molar-refractivity contribution in [2.75, 3.05) is 53.7 Å². The van der Waals surface area contributed by atoms with Crippen molar-refractivity contribution in [3.8, 4) is 5.75 Å². The van der Waals surface area contributed by atoms with E-state index in [2.05, 4.69) is 69.9 Å². The normalized spacial score (nSPS) is 14.9. The van der Waals surface area contributed by atoms with Crippen molar-refractivity contribution >= 4 is 5.96 Å². The highest BCUT2D eigenvalue weighted by atomic mass is 16.5. The standard InChI is InChI=1S/C25H36N4O3/c1-20-7-8-23(24(15-20)32-14-13-30-3)18-28-25(26-2)27-17-21-5-4-6-22(16-21)19-29-9-11-31-12-10-29/h4-8,15-16H,9-14,17-19H2,1-3H3,(H2,26,27,28). The number of rotatable bonds is 10. The Kier molecular flexibility index (Phi) is 9.81. The van der Waals surface area contributed by atoms with E-state index in [0.717, 1.165) is 50.1 Å². The van der Waals surface area contributed by atoms with E-state index in [1.807, 2.05) is 0 Å². The van der Waals surface area contributed by atoms with Gasteiger partial charge in [-0.1, -0.05) is 36.4 Å². The Bertz CT molecular complexity index is 866. The van der Waals surface area contributed by atoms with Crippen LogP contribution >= 0.6 is 0 Å². The zero-order valence-electron chi connectivity index (χ0n) is 19.5. The van der Waals surface area contributed by atoms with Gasteiger partial charge in [0, 0.05) is 52.4 Å². The van der Waals surface area contributed by atoms with E-state index in [9.17, 15) is 0 Å². The predicted octanol–water partition coefficient (Wildman–Crippen LogP) is 2.72. The van der Waals surface area contributed by atoms with Crippen LogP contribution in [0.1, 0.15) is 22.3 Å². The Morgan fingerprint density at radius 1 is 1.03 bits per heavy atom. The van der Waals surface area contributed by atoms with Gasteiger partial charge in [0.15, 0.2) is 5.96 Å². The maximum atomic E-state index is 5.89. The average molecular weight is 441 g/mol. The molecule has 2 N–H and O–H groups in total. The van der Waals surface area contributed by atoms with Crippen LogP contribution in [0.25, 0.3) is 0 Å². The fraction of sp³-hybridized carbons (Fsp3) is 0.480. The van der Waals surface area contributed by atoms with Gasteiger partial charge in [-0.15, -0.1) is 0 Å². The largest absolute Gasteiger partial charge is 0.491 e. The number of aliphatic imine (C=N–C) groups is 1. The average Bonchev–Trinajstić information content (AvgIpc) is 2.81. The summed E-state index contributed by atoms with van der Waals surface area (Å²) in [6.07, 6.45) is 0. The minimum Gasteiger partial charge on any atom is -0.491 e. The number of morpholine rings is 1. The number of guanidine groups is 1. The SMILES string of the molecule is CN=C(NCc1cccc(CN2CCOCC2)c1)NCc1ccc(C)cc1OCCOC. The number of ether oxygens (including phenoxy) is 3. The molecule has 0 saturated carbocycles. The second kappa shape index (κ2) is 13.1. The molecule has 7 heteroatoms. The van der Waals surface area contributed by atoms with E-state index < -0.39 is 0 Å². The quantitative estimate of drug-likeness (QED) is 0.336. The molecule has 2 aromatic rings. The highest BCUT2D eigenvalue weighted by Crippen LogP contribution is 2.20. The molecule has 0 atom stereocenters. The number of methoxy groups -OCH3 is 1. The zero-order chi connectivity index (χ0) is 22.6. The van der Waals surface area contributed by atoms with Crippen molar-refractivity contribution < 1.29 is 14.2 Å². The van der Waals surface area contributed by atoms with Gasteiger partial charge < -0.3 is 24.8 Å². The summed E-state index contributed by atoms with van der Waals surface area (Å²) >= 11 is 0. The summed E-state index contributed by atoms with van der Waals surface area (Å²) in [5.41, 5.74) is 4.81. The Morgan fingerprint density at radius 3 is 2.59 bits per heavy atom. The molecule has 1 aliphatic heterocycles. The molecule has 2 aromatic carbocycles. The Hall–Kier alpha value is -2.61. The van der Waals surface area contributed by atoms with Crippen molar-refractivity contribution in [1.29, 1.82) is 0 Å². The smallest absolute Gasteiger partial charge is 0.191 e. The van der Waals surface area contributed by atoms with Crippen LogP contribution in [-0.2, 0) is 29.1 Å². The second-order valence-electron chi connectivity index (χ2n) is 7.94. The molecule has 0 amide bonds. The molecule has 0 aliphatic carbocycles. The summed E-state index contributed by atoms with van der Waals surface area (Å²) in [6.45, 7) is 9.09. The molecular formula is C25H36N4O3. The van der Waals surface area contributed by atoms with Crippen LogP contribution in [0.4, 0.5) is 0 Å². The molecular weight excluding hydrogens is 404 g/mol. The Balaban J connectivity index is 1.52. The van der Waals surface area contributed by atoms with E-state index in [0.29, 0.717) is 26.3 Å². The molecule has 1 fully saturated rings. The fourth-order valence-electron chi connectivity index (χ4n) is 3.62. The molecule has 1 heterocycles. The van der Waals surface area contributed by atoms with Crippen molar-refractivity contribution in [3.05, 3.63) is 64.7 Å². The number of hydrogen-bond donors (Lipinski definition) is 2. The molecule has 1 aliphatic rings. The van der Waals surface area contributed by atoms with Crippen LogP contribution in [0.5, 0.6) is 5.75 Å². The van der Waals surface area contributed by atoms with Crippen molar-refractivity contribution in [2.45, 2.75) is 26.6 Å². The summed E-state index contributed by atoms with van der Waals surface area (Å²) in [6, 6.07) is 15.0. The predicted molar refractivity (Wildman–Crippen MR) is 128 cm³/mol. The first-order valence-corrected chi connectivity index (χ1v) is 11.2.